The Hall–Kier alpha value is -1.02. The molecule has 0 radical (unpaired) electrons. The topological polar surface area (TPSA) is 12.9 Å². The summed E-state index contributed by atoms with van der Waals surface area (Å²) in [5.41, 5.74) is 1.08. The van der Waals surface area contributed by atoms with Crippen LogP contribution in [0, 0.1) is 0 Å². The summed E-state index contributed by atoms with van der Waals surface area (Å²) in [6, 6.07) is 10.4. The van der Waals surface area contributed by atoms with Gasteiger partial charge < -0.3 is 0 Å². The summed E-state index contributed by atoms with van der Waals surface area (Å²) in [4.78, 5) is 5.64. The van der Waals surface area contributed by atoms with E-state index in [-0.39, 0.29) is 0 Å². The third-order valence-electron chi connectivity index (χ3n) is 1.91. The average Bonchev–Trinajstić information content (AvgIpc) is 2.19. The van der Waals surface area contributed by atoms with E-state index in [2.05, 4.69) is 36.2 Å². The van der Waals surface area contributed by atoms with Crippen molar-refractivity contribution in [2.24, 2.45) is 0 Å². The number of thioether (sulfide) groups is 1. The minimum Gasteiger partial charge on any atom is -0.256 e. The molecule has 0 N–H and O–H groups in total. The molecule has 0 aliphatic carbocycles. The van der Waals surface area contributed by atoms with Gasteiger partial charge in [0.25, 0.3) is 0 Å². The third-order valence-corrected chi connectivity index (χ3v) is 2.86. The molecule has 0 amide bonds. The van der Waals surface area contributed by atoms with E-state index >= 15 is 0 Å². The third kappa shape index (κ3) is 1.68. The molecule has 0 bridgehead atoms. The van der Waals surface area contributed by atoms with Crippen molar-refractivity contribution in [3.8, 4) is 0 Å². The lowest BCUT2D eigenvalue weighted by Crippen LogP contribution is -1.80. The largest absolute Gasteiger partial charge is 0.256 e. The fourth-order valence-electron chi connectivity index (χ4n) is 1.36. The number of rotatable bonds is 2. The predicted molar refractivity (Wildman–Crippen MR) is 58.1 cm³/mol. The highest BCUT2D eigenvalue weighted by Gasteiger charge is 1.99. The first-order valence-corrected chi connectivity index (χ1v) is 5.37. The second-order valence-electron chi connectivity index (χ2n) is 2.76. The van der Waals surface area contributed by atoms with Crippen LogP contribution < -0.4 is 0 Å². The maximum atomic E-state index is 4.31. The van der Waals surface area contributed by atoms with E-state index in [9.17, 15) is 0 Å². The monoisotopic (exact) mass is 189 g/mol. The lowest BCUT2D eigenvalue weighted by Gasteiger charge is -2.02. The molecule has 1 heterocycles. The minimum atomic E-state index is 1.08. The molecule has 0 fully saturated rings. The molecule has 0 unspecified atom stereocenters. The molecule has 1 nitrogen and oxygen atoms in total. The van der Waals surface area contributed by atoms with Crippen LogP contribution in [0.15, 0.2) is 41.4 Å². The van der Waals surface area contributed by atoms with E-state index in [0.29, 0.717) is 0 Å². The lowest BCUT2D eigenvalue weighted by atomic mass is 10.2. The van der Waals surface area contributed by atoms with Crippen LogP contribution in [-0.2, 0) is 0 Å². The lowest BCUT2D eigenvalue weighted by molar-refractivity contribution is 1.38. The van der Waals surface area contributed by atoms with Gasteiger partial charge in [-0.3, -0.25) is 4.98 Å². The van der Waals surface area contributed by atoms with Gasteiger partial charge in [0.15, 0.2) is 0 Å². The van der Waals surface area contributed by atoms with E-state index in [1.54, 1.807) is 0 Å². The van der Waals surface area contributed by atoms with E-state index in [0.717, 1.165) is 11.3 Å². The highest BCUT2D eigenvalue weighted by atomic mass is 32.2. The molecule has 0 saturated heterocycles. The van der Waals surface area contributed by atoms with Gasteiger partial charge in [-0.05, 0) is 24.0 Å². The molecule has 0 aliphatic heterocycles. The molecule has 0 saturated carbocycles. The van der Waals surface area contributed by atoms with Gasteiger partial charge in [0.1, 0.15) is 0 Å². The molecular formula is C11H11NS. The molecule has 0 spiro atoms. The van der Waals surface area contributed by atoms with Crippen LogP contribution in [0.5, 0.6) is 0 Å². The van der Waals surface area contributed by atoms with E-state index in [4.69, 9.17) is 0 Å². The summed E-state index contributed by atoms with van der Waals surface area (Å²) in [6.07, 6.45) is 1.84. The minimum absolute atomic E-state index is 1.08. The molecule has 1 aromatic heterocycles. The van der Waals surface area contributed by atoms with Gasteiger partial charge >= 0.3 is 0 Å². The zero-order valence-electron chi connectivity index (χ0n) is 7.53. The number of pyridine rings is 1. The molecule has 66 valence electrons. The molecule has 2 heteroatoms. The van der Waals surface area contributed by atoms with Crippen molar-refractivity contribution in [2.75, 3.05) is 5.75 Å². The van der Waals surface area contributed by atoms with Crippen LogP contribution in [0.4, 0.5) is 0 Å². The summed E-state index contributed by atoms with van der Waals surface area (Å²) in [6.45, 7) is 2.17. The fraction of sp³-hybridized carbons (Fsp3) is 0.182. The van der Waals surface area contributed by atoms with Crippen LogP contribution in [0.1, 0.15) is 6.92 Å². The number of hydrogen-bond donors (Lipinski definition) is 0. The van der Waals surface area contributed by atoms with Crippen molar-refractivity contribution in [2.45, 2.75) is 11.8 Å². The smallest absolute Gasteiger partial charge is 0.0713 e. The maximum Gasteiger partial charge on any atom is 0.0713 e. The molecule has 2 rings (SSSR count). The molecule has 1 aromatic carbocycles. The first-order valence-electron chi connectivity index (χ1n) is 4.38. The van der Waals surface area contributed by atoms with Crippen LogP contribution in [-0.4, -0.2) is 10.7 Å². The Labute approximate surface area is 82.2 Å². The molecule has 13 heavy (non-hydrogen) atoms. The average molecular weight is 189 g/mol. The second-order valence-corrected chi connectivity index (χ2v) is 4.07. The Morgan fingerprint density at radius 2 is 2.15 bits per heavy atom. The van der Waals surface area contributed by atoms with Crippen molar-refractivity contribution in [3.05, 3.63) is 36.5 Å². The van der Waals surface area contributed by atoms with Crippen LogP contribution >= 0.6 is 11.8 Å². The molecule has 0 atom stereocenters. The van der Waals surface area contributed by atoms with E-state index in [1.807, 2.05) is 24.0 Å². The van der Waals surface area contributed by atoms with Gasteiger partial charge in [-0.1, -0.05) is 19.1 Å². The summed E-state index contributed by atoms with van der Waals surface area (Å²) < 4.78 is 0. The number of hydrogen-bond acceptors (Lipinski definition) is 2. The van der Waals surface area contributed by atoms with Crippen molar-refractivity contribution in [1.82, 2.24) is 4.98 Å². The fourth-order valence-corrected chi connectivity index (χ4v) is 2.17. The van der Waals surface area contributed by atoms with E-state index < -0.39 is 0 Å². The van der Waals surface area contributed by atoms with Gasteiger partial charge in [0, 0.05) is 16.5 Å². The first-order chi connectivity index (χ1) is 6.42. The van der Waals surface area contributed by atoms with Crippen LogP contribution in [0.3, 0.4) is 0 Å². The summed E-state index contributed by atoms with van der Waals surface area (Å²) in [5, 5.41) is 1.26. The van der Waals surface area contributed by atoms with Gasteiger partial charge in [0.05, 0.1) is 5.52 Å². The Kier molecular flexibility index (Phi) is 2.50. The standard InChI is InChI=1S/C11H11NS/c1-2-13-11-7-3-6-10-9(11)5-4-8-12-10/h3-8H,2H2,1H3. The van der Waals surface area contributed by atoms with Gasteiger partial charge in [-0.25, -0.2) is 0 Å². The van der Waals surface area contributed by atoms with Crippen molar-refractivity contribution < 1.29 is 0 Å². The summed E-state index contributed by atoms with van der Waals surface area (Å²) >= 11 is 1.86. The predicted octanol–water partition coefficient (Wildman–Crippen LogP) is 3.35. The van der Waals surface area contributed by atoms with Crippen LogP contribution in [0.2, 0.25) is 0 Å². The zero-order valence-corrected chi connectivity index (χ0v) is 8.34. The number of nitrogens with zero attached hydrogens (tertiary/aromatic N) is 1. The van der Waals surface area contributed by atoms with Crippen molar-refractivity contribution >= 4 is 22.7 Å². The quantitative estimate of drug-likeness (QED) is 0.672. The number of aromatic nitrogens is 1. The molecule has 2 aromatic rings. The van der Waals surface area contributed by atoms with Gasteiger partial charge in [0.2, 0.25) is 0 Å². The van der Waals surface area contributed by atoms with Gasteiger partial charge in [-0.2, -0.15) is 0 Å². The SMILES string of the molecule is CCSc1cccc2ncccc12. The Balaban J connectivity index is 2.61. The summed E-state index contributed by atoms with van der Waals surface area (Å²) in [7, 11) is 0. The number of fused-ring (bicyclic) bond motifs is 1. The highest BCUT2D eigenvalue weighted by molar-refractivity contribution is 7.99. The van der Waals surface area contributed by atoms with Crippen LogP contribution in [0.25, 0.3) is 10.9 Å². The Bertz CT molecular complexity index is 406. The Morgan fingerprint density at radius 3 is 3.00 bits per heavy atom. The second kappa shape index (κ2) is 3.79. The molecular weight excluding hydrogens is 178 g/mol. The van der Waals surface area contributed by atoms with E-state index in [1.165, 1.54) is 10.3 Å². The highest BCUT2D eigenvalue weighted by Crippen LogP contribution is 2.25. The first kappa shape index (κ1) is 8.57. The normalized spacial score (nSPS) is 10.5. The maximum absolute atomic E-state index is 4.31. The molecule has 0 aliphatic rings. The summed E-state index contributed by atoms with van der Waals surface area (Å²) in [5.74, 6) is 1.11. The van der Waals surface area contributed by atoms with Gasteiger partial charge in [-0.15, -0.1) is 11.8 Å². The number of benzene rings is 1. The zero-order chi connectivity index (χ0) is 9.10. The Morgan fingerprint density at radius 1 is 1.23 bits per heavy atom. The van der Waals surface area contributed by atoms with Crippen molar-refractivity contribution in [3.63, 3.8) is 0 Å². The van der Waals surface area contributed by atoms with Crippen molar-refractivity contribution in [1.29, 1.82) is 0 Å².